The summed E-state index contributed by atoms with van der Waals surface area (Å²) in [6, 6.07) is 6.46. The number of nitrogens with one attached hydrogen (secondary N) is 1. The lowest BCUT2D eigenvalue weighted by atomic mass is 10.1. The van der Waals surface area contributed by atoms with Crippen LogP contribution < -0.4 is 5.32 Å². The molecular formula is C15H22Cl3N3. The predicted molar refractivity (Wildman–Crippen MR) is 91.8 cm³/mol. The molecule has 0 aromatic heterocycles. The molecule has 6 heteroatoms. The minimum absolute atomic E-state index is 0. The van der Waals surface area contributed by atoms with Gasteiger partial charge in [0.25, 0.3) is 0 Å². The Labute approximate surface area is 143 Å². The summed E-state index contributed by atoms with van der Waals surface area (Å²) in [5.74, 6) is 0. The molecule has 2 aliphatic rings. The highest BCUT2D eigenvalue weighted by molar-refractivity contribution is 6.33. The molecule has 2 heterocycles. The van der Waals surface area contributed by atoms with Crippen LogP contribution in [-0.4, -0.2) is 55.1 Å². The van der Waals surface area contributed by atoms with Gasteiger partial charge < -0.3 is 5.32 Å². The van der Waals surface area contributed by atoms with Crippen LogP contribution >= 0.6 is 35.6 Å². The van der Waals surface area contributed by atoms with Crippen LogP contribution in [0.2, 0.25) is 10.0 Å². The lowest BCUT2D eigenvalue weighted by Crippen LogP contribution is -2.50. The lowest BCUT2D eigenvalue weighted by molar-refractivity contribution is 0.0981. The molecule has 3 nitrogen and oxygen atoms in total. The Balaban J connectivity index is 0.00000161. The first kappa shape index (κ1) is 17.3. The minimum atomic E-state index is 0. The fraction of sp³-hybridized carbons (Fsp3) is 0.600. The van der Waals surface area contributed by atoms with Crippen LogP contribution in [0.1, 0.15) is 12.0 Å². The minimum Gasteiger partial charge on any atom is -0.315 e. The molecule has 0 aliphatic carbocycles. The van der Waals surface area contributed by atoms with Gasteiger partial charge in [0.2, 0.25) is 0 Å². The Bertz CT molecular complexity index is 455. The SMILES string of the molecule is Cl.Clc1ccc(Cl)c(CN2CCN(C3CCNC3)CC2)c1. The first-order valence-electron chi connectivity index (χ1n) is 7.33. The van der Waals surface area contributed by atoms with Gasteiger partial charge in [-0.15, -0.1) is 12.4 Å². The van der Waals surface area contributed by atoms with E-state index in [2.05, 4.69) is 15.1 Å². The van der Waals surface area contributed by atoms with Crippen LogP contribution in [0.25, 0.3) is 0 Å². The highest BCUT2D eigenvalue weighted by atomic mass is 35.5. The quantitative estimate of drug-likeness (QED) is 0.904. The van der Waals surface area contributed by atoms with Crippen molar-refractivity contribution in [2.45, 2.75) is 19.0 Å². The van der Waals surface area contributed by atoms with Crippen molar-refractivity contribution in [1.82, 2.24) is 15.1 Å². The van der Waals surface area contributed by atoms with Gasteiger partial charge in [-0.05, 0) is 36.7 Å². The van der Waals surface area contributed by atoms with Crippen molar-refractivity contribution in [3.63, 3.8) is 0 Å². The van der Waals surface area contributed by atoms with Crippen LogP contribution in [0.3, 0.4) is 0 Å². The summed E-state index contributed by atoms with van der Waals surface area (Å²) in [5, 5.41) is 5.03. The average molecular weight is 351 g/mol. The van der Waals surface area contributed by atoms with Crippen LogP contribution in [0.5, 0.6) is 0 Å². The molecule has 3 rings (SSSR count). The Morgan fingerprint density at radius 1 is 1.14 bits per heavy atom. The number of hydrogen-bond acceptors (Lipinski definition) is 3. The summed E-state index contributed by atoms with van der Waals surface area (Å²) in [4.78, 5) is 5.09. The maximum Gasteiger partial charge on any atom is 0.0452 e. The summed E-state index contributed by atoms with van der Waals surface area (Å²) in [6.45, 7) is 7.76. The van der Waals surface area contributed by atoms with E-state index in [0.29, 0.717) is 0 Å². The maximum absolute atomic E-state index is 6.24. The molecule has 1 atom stereocenters. The van der Waals surface area contributed by atoms with Gasteiger partial charge in [0.1, 0.15) is 0 Å². The molecule has 0 spiro atoms. The Kier molecular flexibility index (Phi) is 6.60. The van der Waals surface area contributed by atoms with E-state index in [0.717, 1.165) is 60.9 Å². The molecular weight excluding hydrogens is 329 g/mol. The van der Waals surface area contributed by atoms with Crippen molar-refractivity contribution in [2.24, 2.45) is 0 Å². The second kappa shape index (κ2) is 8.00. The molecule has 118 valence electrons. The van der Waals surface area contributed by atoms with E-state index in [1.807, 2.05) is 18.2 Å². The number of hydrogen-bond donors (Lipinski definition) is 1. The molecule has 2 saturated heterocycles. The standard InChI is InChI=1S/C15H21Cl2N3.ClH/c16-13-1-2-15(17)12(9-13)11-19-5-7-20(8-6-19)14-3-4-18-10-14;/h1-2,9,14,18H,3-8,10-11H2;1H. The van der Waals surface area contributed by atoms with E-state index in [1.54, 1.807) is 0 Å². The second-order valence-electron chi connectivity index (χ2n) is 5.69. The Morgan fingerprint density at radius 3 is 2.57 bits per heavy atom. The van der Waals surface area contributed by atoms with E-state index in [9.17, 15) is 0 Å². The van der Waals surface area contributed by atoms with Gasteiger partial charge in [0.15, 0.2) is 0 Å². The molecule has 0 bridgehead atoms. The predicted octanol–water partition coefficient (Wildman–Crippen LogP) is 2.89. The molecule has 1 N–H and O–H groups in total. The van der Waals surface area contributed by atoms with Crippen LogP contribution in [0.15, 0.2) is 18.2 Å². The van der Waals surface area contributed by atoms with E-state index in [4.69, 9.17) is 23.2 Å². The zero-order valence-corrected chi connectivity index (χ0v) is 14.4. The topological polar surface area (TPSA) is 18.5 Å². The highest BCUT2D eigenvalue weighted by Crippen LogP contribution is 2.23. The van der Waals surface area contributed by atoms with Crippen molar-refractivity contribution < 1.29 is 0 Å². The summed E-state index contributed by atoms with van der Waals surface area (Å²) in [5.41, 5.74) is 1.13. The fourth-order valence-corrected chi connectivity index (χ4v) is 3.52. The number of halogens is 3. The van der Waals surface area contributed by atoms with Gasteiger partial charge >= 0.3 is 0 Å². The zero-order valence-electron chi connectivity index (χ0n) is 12.0. The first-order valence-corrected chi connectivity index (χ1v) is 8.09. The summed E-state index contributed by atoms with van der Waals surface area (Å²) < 4.78 is 0. The summed E-state index contributed by atoms with van der Waals surface area (Å²) in [7, 11) is 0. The van der Waals surface area contributed by atoms with E-state index in [1.165, 1.54) is 13.0 Å². The van der Waals surface area contributed by atoms with Gasteiger partial charge in [-0.2, -0.15) is 0 Å². The van der Waals surface area contributed by atoms with Crippen molar-refractivity contribution >= 4 is 35.6 Å². The number of rotatable bonds is 3. The lowest BCUT2D eigenvalue weighted by Gasteiger charge is -2.37. The van der Waals surface area contributed by atoms with E-state index < -0.39 is 0 Å². The van der Waals surface area contributed by atoms with Gasteiger partial charge in [0.05, 0.1) is 0 Å². The molecule has 1 aromatic rings. The van der Waals surface area contributed by atoms with Crippen molar-refractivity contribution in [2.75, 3.05) is 39.3 Å². The second-order valence-corrected chi connectivity index (χ2v) is 6.54. The normalized spacial score (nSPS) is 24.0. The molecule has 21 heavy (non-hydrogen) atoms. The number of benzene rings is 1. The smallest absolute Gasteiger partial charge is 0.0452 e. The number of nitrogens with zero attached hydrogens (tertiary/aromatic N) is 2. The van der Waals surface area contributed by atoms with Crippen molar-refractivity contribution in [3.05, 3.63) is 33.8 Å². The third-order valence-electron chi connectivity index (χ3n) is 4.36. The Morgan fingerprint density at radius 2 is 1.90 bits per heavy atom. The summed E-state index contributed by atoms with van der Waals surface area (Å²) >= 11 is 12.3. The van der Waals surface area contributed by atoms with Crippen LogP contribution in [0.4, 0.5) is 0 Å². The molecule has 2 fully saturated rings. The third-order valence-corrected chi connectivity index (χ3v) is 4.96. The van der Waals surface area contributed by atoms with Crippen LogP contribution in [-0.2, 0) is 6.54 Å². The molecule has 0 saturated carbocycles. The van der Waals surface area contributed by atoms with Gasteiger partial charge in [0, 0.05) is 55.4 Å². The summed E-state index contributed by atoms with van der Waals surface area (Å²) in [6.07, 6.45) is 1.29. The van der Waals surface area contributed by atoms with Crippen LogP contribution in [0, 0.1) is 0 Å². The molecule has 0 radical (unpaired) electrons. The molecule has 1 unspecified atom stereocenters. The van der Waals surface area contributed by atoms with Gasteiger partial charge in [-0.3, -0.25) is 9.80 Å². The molecule has 2 aliphatic heterocycles. The highest BCUT2D eigenvalue weighted by Gasteiger charge is 2.26. The molecule has 1 aromatic carbocycles. The van der Waals surface area contributed by atoms with E-state index in [-0.39, 0.29) is 12.4 Å². The van der Waals surface area contributed by atoms with Crippen molar-refractivity contribution in [3.8, 4) is 0 Å². The monoisotopic (exact) mass is 349 g/mol. The van der Waals surface area contributed by atoms with Gasteiger partial charge in [-0.1, -0.05) is 23.2 Å². The fourth-order valence-electron chi connectivity index (χ4n) is 3.14. The first-order chi connectivity index (χ1) is 9.72. The van der Waals surface area contributed by atoms with E-state index >= 15 is 0 Å². The average Bonchev–Trinajstić information content (AvgIpc) is 2.98. The largest absolute Gasteiger partial charge is 0.315 e. The molecule has 0 amide bonds. The van der Waals surface area contributed by atoms with Crippen molar-refractivity contribution in [1.29, 1.82) is 0 Å². The zero-order chi connectivity index (χ0) is 13.9. The maximum atomic E-state index is 6.24. The third kappa shape index (κ3) is 4.47. The number of piperazine rings is 1. The van der Waals surface area contributed by atoms with Gasteiger partial charge in [-0.25, -0.2) is 0 Å². The Hall–Kier alpha value is -0.0300.